The van der Waals surface area contributed by atoms with Crippen molar-refractivity contribution in [3.05, 3.63) is 0 Å². The summed E-state index contributed by atoms with van der Waals surface area (Å²) < 4.78 is 4.79. The molecule has 1 heterocycles. The summed E-state index contributed by atoms with van der Waals surface area (Å²) >= 11 is 0. The Labute approximate surface area is 78.5 Å². The second-order valence-corrected chi connectivity index (χ2v) is 3.53. The van der Waals surface area contributed by atoms with Crippen LogP contribution in [0.4, 0.5) is 4.79 Å². The molecule has 1 rings (SSSR count). The van der Waals surface area contributed by atoms with Crippen LogP contribution in [0.25, 0.3) is 0 Å². The van der Waals surface area contributed by atoms with Crippen LogP contribution in [-0.2, 0) is 4.74 Å². The average Bonchev–Trinajstić information content (AvgIpc) is 2.01. The van der Waals surface area contributed by atoms with Crippen LogP contribution in [-0.4, -0.2) is 41.4 Å². The van der Waals surface area contributed by atoms with Gasteiger partial charge in [-0.15, -0.1) is 0 Å². The summed E-state index contributed by atoms with van der Waals surface area (Å²) in [7, 11) is 0. The van der Waals surface area contributed by atoms with Gasteiger partial charge >= 0.3 is 6.09 Å². The van der Waals surface area contributed by atoms with Crippen LogP contribution >= 0.6 is 0 Å². The molecule has 0 spiro atoms. The standard InChI is InChI=1S/C9H17NO3/c1-3-5-9(12)6-10(7-9)8(11)13-4-2/h12H,3-7H2,1-2H3. The van der Waals surface area contributed by atoms with E-state index < -0.39 is 5.60 Å². The van der Waals surface area contributed by atoms with E-state index in [1.54, 1.807) is 6.92 Å². The molecule has 76 valence electrons. The van der Waals surface area contributed by atoms with Gasteiger partial charge in [0.05, 0.1) is 25.3 Å². The number of ether oxygens (including phenoxy) is 1. The maximum atomic E-state index is 11.1. The number of β-amino-alcohol motifs (C(OH)–C–C–N with tert-alkyl or cyclic N) is 1. The molecule has 0 unspecified atom stereocenters. The quantitative estimate of drug-likeness (QED) is 0.716. The number of carbonyl (C=O) groups is 1. The van der Waals surface area contributed by atoms with Gasteiger partial charge in [0.15, 0.2) is 0 Å². The van der Waals surface area contributed by atoms with Gasteiger partial charge in [-0.1, -0.05) is 13.3 Å². The molecule has 0 aromatic rings. The minimum atomic E-state index is -0.651. The maximum absolute atomic E-state index is 11.1. The zero-order valence-corrected chi connectivity index (χ0v) is 8.25. The number of amides is 1. The average molecular weight is 187 g/mol. The number of aliphatic hydroxyl groups is 1. The van der Waals surface area contributed by atoms with Gasteiger partial charge in [-0.05, 0) is 13.3 Å². The summed E-state index contributed by atoms with van der Waals surface area (Å²) in [4.78, 5) is 12.6. The van der Waals surface area contributed by atoms with Gasteiger partial charge in [0, 0.05) is 0 Å². The number of hydrogen-bond acceptors (Lipinski definition) is 3. The van der Waals surface area contributed by atoms with Crippen molar-refractivity contribution in [3.8, 4) is 0 Å². The lowest BCUT2D eigenvalue weighted by Gasteiger charge is -2.45. The summed E-state index contributed by atoms with van der Waals surface area (Å²) in [6.45, 7) is 5.02. The van der Waals surface area contributed by atoms with E-state index >= 15 is 0 Å². The molecule has 13 heavy (non-hydrogen) atoms. The first-order valence-corrected chi connectivity index (χ1v) is 4.75. The third-order valence-electron chi connectivity index (χ3n) is 2.21. The fourth-order valence-electron chi connectivity index (χ4n) is 1.63. The summed E-state index contributed by atoms with van der Waals surface area (Å²) in [6.07, 6.45) is 1.37. The van der Waals surface area contributed by atoms with Crippen molar-refractivity contribution in [1.29, 1.82) is 0 Å². The van der Waals surface area contributed by atoms with Gasteiger partial charge < -0.3 is 14.7 Å². The van der Waals surface area contributed by atoms with Crippen LogP contribution in [0.1, 0.15) is 26.7 Å². The van der Waals surface area contributed by atoms with Gasteiger partial charge in [-0.3, -0.25) is 0 Å². The largest absolute Gasteiger partial charge is 0.450 e. The van der Waals surface area contributed by atoms with Crippen LogP contribution in [0, 0.1) is 0 Å². The Kier molecular flexibility index (Phi) is 3.14. The molecule has 1 fully saturated rings. The normalized spacial score (nSPS) is 19.5. The van der Waals surface area contributed by atoms with Crippen LogP contribution < -0.4 is 0 Å². The lowest BCUT2D eigenvalue weighted by Crippen LogP contribution is -2.63. The fraction of sp³-hybridized carbons (Fsp3) is 0.889. The van der Waals surface area contributed by atoms with Gasteiger partial charge in [-0.2, -0.15) is 0 Å². The molecule has 0 aliphatic carbocycles. The molecule has 1 aliphatic rings. The van der Waals surface area contributed by atoms with E-state index in [9.17, 15) is 9.90 Å². The molecule has 0 radical (unpaired) electrons. The van der Waals surface area contributed by atoms with Gasteiger partial charge in [0.2, 0.25) is 0 Å². The number of carbonyl (C=O) groups excluding carboxylic acids is 1. The Hall–Kier alpha value is -0.770. The summed E-state index contributed by atoms with van der Waals surface area (Å²) in [5.74, 6) is 0. The van der Waals surface area contributed by atoms with Gasteiger partial charge in [0.25, 0.3) is 0 Å². The highest BCUT2D eigenvalue weighted by Crippen LogP contribution is 2.25. The Bertz CT molecular complexity index is 187. The van der Waals surface area contributed by atoms with Crippen LogP contribution in [0.3, 0.4) is 0 Å². The number of nitrogens with zero attached hydrogens (tertiary/aromatic N) is 1. The Morgan fingerprint density at radius 2 is 2.15 bits per heavy atom. The van der Waals surface area contributed by atoms with Crippen LogP contribution in [0.5, 0.6) is 0 Å². The van der Waals surface area contributed by atoms with Gasteiger partial charge in [-0.25, -0.2) is 4.79 Å². The fourth-order valence-corrected chi connectivity index (χ4v) is 1.63. The van der Waals surface area contributed by atoms with Crippen molar-refractivity contribution in [2.45, 2.75) is 32.3 Å². The molecule has 1 aliphatic heterocycles. The highest BCUT2D eigenvalue weighted by Gasteiger charge is 2.43. The van der Waals surface area contributed by atoms with E-state index in [1.807, 2.05) is 6.92 Å². The third-order valence-corrected chi connectivity index (χ3v) is 2.21. The molecule has 4 heteroatoms. The third kappa shape index (κ3) is 2.34. The lowest BCUT2D eigenvalue weighted by atomic mass is 9.90. The zero-order chi connectivity index (χ0) is 9.90. The van der Waals surface area contributed by atoms with E-state index in [4.69, 9.17) is 4.74 Å². The molecule has 1 saturated heterocycles. The second-order valence-electron chi connectivity index (χ2n) is 3.53. The van der Waals surface area contributed by atoms with Crippen molar-refractivity contribution >= 4 is 6.09 Å². The zero-order valence-electron chi connectivity index (χ0n) is 8.25. The van der Waals surface area contributed by atoms with E-state index in [1.165, 1.54) is 4.90 Å². The summed E-state index contributed by atoms with van der Waals surface area (Å²) in [5, 5.41) is 9.75. The predicted molar refractivity (Wildman–Crippen MR) is 48.5 cm³/mol. The van der Waals surface area contributed by atoms with E-state index in [0.717, 1.165) is 12.8 Å². The summed E-state index contributed by atoms with van der Waals surface area (Å²) in [6, 6.07) is 0. The molecule has 1 N–H and O–H groups in total. The minimum Gasteiger partial charge on any atom is -0.450 e. The van der Waals surface area contributed by atoms with Crippen molar-refractivity contribution in [1.82, 2.24) is 4.90 Å². The van der Waals surface area contributed by atoms with Crippen molar-refractivity contribution < 1.29 is 14.6 Å². The highest BCUT2D eigenvalue weighted by atomic mass is 16.6. The van der Waals surface area contributed by atoms with Gasteiger partial charge in [0.1, 0.15) is 0 Å². The van der Waals surface area contributed by atoms with E-state index in [-0.39, 0.29) is 6.09 Å². The minimum absolute atomic E-state index is 0.316. The number of likely N-dealkylation sites (tertiary alicyclic amines) is 1. The monoisotopic (exact) mass is 187 g/mol. The molecule has 1 amide bonds. The molecule has 0 saturated carbocycles. The SMILES string of the molecule is CCCC1(O)CN(C(=O)OCC)C1. The van der Waals surface area contributed by atoms with Crippen LogP contribution in [0.2, 0.25) is 0 Å². The van der Waals surface area contributed by atoms with E-state index in [0.29, 0.717) is 19.7 Å². The van der Waals surface area contributed by atoms with Crippen molar-refractivity contribution in [2.24, 2.45) is 0 Å². The number of hydrogen-bond donors (Lipinski definition) is 1. The molecular weight excluding hydrogens is 170 g/mol. The molecule has 0 bridgehead atoms. The molecule has 4 nitrogen and oxygen atoms in total. The summed E-state index contributed by atoms with van der Waals surface area (Å²) in [5.41, 5.74) is -0.651. The van der Waals surface area contributed by atoms with Crippen molar-refractivity contribution in [2.75, 3.05) is 19.7 Å². The van der Waals surface area contributed by atoms with Crippen molar-refractivity contribution in [3.63, 3.8) is 0 Å². The smallest absolute Gasteiger partial charge is 0.409 e. The Balaban J connectivity index is 2.27. The second kappa shape index (κ2) is 3.96. The first-order chi connectivity index (χ1) is 6.11. The number of rotatable bonds is 3. The van der Waals surface area contributed by atoms with Crippen LogP contribution in [0.15, 0.2) is 0 Å². The molecule has 0 aromatic carbocycles. The van der Waals surface area contributed by atoms with E-state index in [2.05, 4.69) is 0 Å². The predicted octanol–water partition coefficient (Wildman–Crippen LogP) is 0.990. The Morgan fingerprint density at radius 3 is 2.62 bits per heavy atom. The lowest BCUT2D eigenvalue weighted by molar-refractivity contribution is -0.0930. The molecule has 0 atom stereocenters. The maximum Gasteiger partial charge on any atom is 0.409 e. The molecule has 0 aromatic heterocycles. The highest BCUT2D eigenvalue weighted by molar-refractivity contribution is 5.69. The first-order valence-electron chi connectivity index (χ1n) is 4.75. The first kappa shape index (κ1) is 10.3. The Morgan fingerprint density at radius 1 is 1.54 bits per heavy atom. The molecular formula is C9H17NO3. The topological polar surface area (TPSA) is 49.8 Å².